The first kappa shape index (κ1) is 13.4. The molecule has 0 amide bonds. The fourth-order valence-electron chi connectivity index (χ4n) is 4.20. The molecule has 0 bridgehead atoms. The second-order valence-electron chi connectivity index (χ2n) is 6.18. The number of nitrogens with one attached hydrogen (secondary N) is 1. The van der Waals surface area contributed by atoms with Crippen molar-refractivity contribution in [3.8, 4) is 0 Å². The number of pyridine rings is 1. The Kier molecular flexibility index (Phi) is 3.53. The predicted octanol–water partition coefficient (Wildman–Crippen LogP) is 3.12. The standard InChI is InChI=1S/C17H21N3S/c18-20-17(13-4-1-5-15-12(13)8-10-21-15)14-7-6-11-3-2-9-19-16(11)14/h2-3,8-10,13-14,17,20H,1,4-7,18H2. The summed E-state index contributed by atoms with van der Waals surface area (Å²) in [6.45, 7) is 0. The van der Waals surface area contributed by atoms with Gasteiger partial charge < -0.3 is 0 Å². The van der Waals surface area contributed by atoms with Gasteiger partial charge in [-0.05, 0) is 60.7 Å². The van der Waals surface area contributed by atoms with Crippen LogP contribution in [0.5, 0.6) is 0 Å². The monoisotopic (exact) mass is 299 g/mol. The fourth-order valence-corrected chi connectivity index (χ4v) is 5.20. The Morgan fingerprint density at radius 3 is 3.10 bits per heavy atom. The van der Waals surface area contributed by atoms with E-state index >= 15 is 0 Å². The SMILES string of the molecule is NNC(C1CCCc2sccc21)C1CCc2cccnc21. The van der Waals surface area contributed by atoms with E-state index in [1.807, 2.05) is 23.6 Å². The quantitative estimate of drug-likeness (QED) is 0.676. The molecule has 4 heteroatoms. The summed E-state index contributed by atoms with van der Waals surface area (Å²) in [4.78, 5) is 6.22. The van der Waals surface area contributed by atoms with Gasteiger partial charge in [-0.15, -0.1) is 11.3 Å². The number of fused-ring (bicyclic) bond motifs is 2. The molecule has 110 valence electrons. The molecule has 3 N–H and O–H groups in total. The third-order valence-electron chi connectivity index (χ3n) is 5.16. The van der Waals surface area contributed by atoms with Crippen LogP contribution in [0.2, 0.25) is 0 Å². The molecule has 0 saturated carbocycles. The van der Waals surface area contributed by atoms with E-state index in [-0.39, 0.29) is 0 Å². The highest BCUT2D eigenvalue weighted by Gasteiger charge is 2.37. The Morgan fingerprint density at radius 2 is 2.19 bits per heavy atom. The molecular formula is C17H21N3S. The minimum atomic E-state index is 0.301. The van der Waals surface area contributed by atoms with E-state index in [4.69, 9.17) is 5.84 Å². The number of hydrogen-bond donors (Lipinski definition) is 2. The number of hydrazine groups is 1. The molecule has 3 nitrogen and oxygen atoms in total. The van der Waals surface area contributed by atoms with Crippen molar-refractivity contribution in [3.05, 3.63) is 51.5 Å². The summed E-state index contributed by atoms with van der Waals surface area (Å²) in [5, 5.41) is 2.23. The molecule has 0 aliphatic heterocycles. The maximum Gasteiger partial charge on any atom is 0.0482 e. The number of aryl methyl sites for hydroxylation is 2. The number of nitrogens with two attached hydrogens (primary N) is 1. The molecule has 3 unspecified atom stereocenters. The van der Waals surface area contributed by atoms with Crippen molar-refractivity contribution in [3.63, 3.8) is 0 Å². The number of aromatic nitrogens is 1. The Bertz CT molecular complexity index is 636. The second-order valence-corrected chi connectivity index (χ2v) is 7.18. The van der Waals surface area contributed by atoms with E-state index in [0.717, 1.165) is 12.8 Å². The molecule has 2 aliphatic carbocycles. The second kappa shape index (κ2) is 5.52. The van der Waals surface area contributed by atoms with Gasteiger partial charge in [0.15, 0.2) is 0 Å². The molecular weight excluding hydrogens is 278 g/mol. The van der Waals surface area contributed by atoms with Gasteiger partial charge in [0.2, 0.25) is 0 Å². The Balaban J connectivity index is 1.68. The van der Waals surface area contributed by atoms with Gasteiger partial charge in [-0.3, -0.25) is 16.3 Å². The largest absolute Gasteiger partial charge is 0.271 e. The van der Waals surface area contributed by atoms with Crippen LogP contribution in [0.15, 0.2) is 29.8 Å². The van der Waals surface area contributed by atoms with Gasteiger partial charge in [0.25, 0.3) is 0 Å². The van der Waals surface area contributed by atoms with Crippen molar-refractivity contribution in [2.75, 3.05) is 0 Å². The summed E-state index contributed by atoms with van der Waals surface area (Å²) in [5.41, 5.74) is 7.35. The van der Waals surface area contributed by atoms with Crippen molar-refractivity contribution in [2.24, 2.45) is 5.84 Å². The van der Waals surface area contributed by atoms with Crippen molar-refractivity contribution in [2.45, 2.75) is 50.0 Å². The van der Waals surface area contributed by atoms with Crippen molar-refractivity contribution < 1.29 is 0 Å². The van der Waals surface area contributed by atoms with Gasteiger partial charge in [0.05, 0.1) is 0 Å². The molecule has 0 spiro atoms. The van der Waals surface area contributed by atoms with Gasteiger partial charge >= 0.3 is 0 Å². The van der Waals surface area contributed by atoms with Crippen LogP contribution in [-0.4, -0.2) is 11.0 Å². The normalized spacial score (nSPS) is 25.4. The lowest BCUT2D eigenvalue weighted by atomic mass is 9.77. The molecule has 2 aromatic rings. The van der Waals surface area contributed by atoms with Crippen LogP contribution >= 0.6 is 11.3 Å². The zero-order valence-corrected chi connectivity index (χ0v) is 12.9. The molecule has 0 radical (unpaired) electrons. The van der Waals surface area contributed by atoms with E-state index in [1.54, 1.807) is 4.88 Å². The van der Waals surface area contributed by atoms with Crippen LogP contribution < -0.4 is 11.3 Å². The number of thiophene rings is 1. The summed E-state index contributed by atoms with van der Waals surface area (Å²) in [6, 6.07) is 6.87. The summed E-state index contributed by atoms with van der Waals surface area (Å²) in [5.74, 6) is 6.97. The first-order valence-corrected chi connectivity index (χ1v) is 8.72. The zero-order chi connectivity index (χ0) is 14.2. The molecule has 2 aliphatic rings. The van der Waals surface area contributed by atoms with Crippen molar-refractivity contribution in [1.29, 1.82) is 0 Å². The minimum Gasteiger partial charge on any atom is -0.271 e. The highest BCUT2D eigenvalue weighted by Crippen LogP contribution is 2.44. The maximum absolute atomic E-state index is 5.99. The Morgan fingerprint density at radius 1 is 1.24 bits per heavy atom. The van der Waals surface area contributed by atoms with Gasteiger partial charge in [0.1, 0.15) is 0 Å². The summed E-state index contributed by atoms with van der Waals surface area (Å²) >= 11 is 1.90. The molecule has 0 saturated heterocycles. The van der Waals surface area contributed by atoms with Crippen LogP contribution in [0, 0.1) is 0 Å². The molecule has 2 heterocycles. The van der Waals surface area contributed by atoms with E-state index in [9.17, 15) is 0 Å². The average Bonchev–Trinajstić information content (AvgIpc) is 3.15. The van der Waals surface area contributed by atoms with E-state index in [1.165, 1.54) is 36.1 Å². The lowest BCUT2D eigenvalue weighted by Gasteiger charge is -2.34. The summed E-state index contributed by atoms with van der Waals surface area (Å²) < 4.78 is 0. The first-order chi connectivity index (χ1) is 10.4. The van der Waals surface area contributed by atoms with E-state index < -0.39 is 0 Å². The molecule has 0 aromatic carbocycles. The highest BCUT2D eigenvalue weighted by atomic mass is 32.1. The fraction of sp³-hybridized carbons (Fsp3) is 0.471. The number of nitrogens with zero attached hydrogens (tertiary/aromatic N) is 1. The lowest BCUT2D eigenvalue weighted by molar-refractivity contribution is 0.342. The zero-order valence-electron chi connectivity index (χ0n) is 12.1. The third kappa shape index (κ3) is 2.22. The Labute approximate surface area is 129 Å². The summed E-state index contributed by atoms with van der Waals surface area (Å²) in [7, 11) is 0. The van der Waals surface area contributed by atoms with Crippen molar-refractivity contribution in [1.82, 2.24) is 10.4 Å². The summed E-state index contributed by atoms with van der Waals surface area (Å²) in [6.07, 6.45) is 7.96. The molecule has 4 rings (SSSR count). The van der Waals surface area contributed by atoms with E-state index in [2.05, 4.69) is 27.9 Å². The molecule has 21 heavy (non-hydrogen) atoms. The van der Waals surface area contributed by atoms with Gasteiger partial charge in [-0.25, -0.2) is 0 Å². The molecule has 3 atom stereocenters. The minimum absolute atomic E-state index is 0.301. The first-order valence-electron chi connectivity index (χ1n) is 7.84. The molecule has 2 aromatic heterocycles. The van der Waals surface area contributed by atoms with E-state index in [0.29, 0.717) is 17.9 Å². The Hall–Kier alpha value is -1.23. The number of rotatable bonds is 3. The predicted molar refractivity (Wildman–Crippen MR) is 86.4 cm³/mol. The van der Waals surface area contributed by atoms with Crippen LogP contribution in [0.4, 0.5) is 0 Å². The van der Waals surface area contributed by atoms with Crippen LogP contribution in [0.1, 0.15) is 52.8 Å². The van der Waals surface area contributed by atoms with Gasteiger partial charge in [-0.1, -0.05) is 6.07 Å². The molecule has 0 fully saturated rings. The maximum atomic E-state index is 5.99. The highest BCUT2D eigenvalue weighted by molar-refractivity contribution is 7.10. The average molecular weight is 299 g/mol. The lowest BCUT2D eigenvalue weighted by Crippen LogP contribution is -2.44. The topological polar surface area (TPSA) is 50.9 Å². The van der Waals surface area contributed by atoms with Gasteiger partial charge in [0, 0.05) is 34.6 Å². The third-order valence-corrected chi connectivity index (χ3v) is 6.16. The van der Waals surface area contributed by atoms with Gasteiger partial charge in [-0.2, -0.15) is 0 Å². The van der Waals surface area contributed by atoms with Crippen LogP contribution in [0.3, 0.4) is 0 Å². The van der Waals surface area contributed by atoms with Crippen LogP contribution in [0.25, 0.3) is 0 Å². The number of hydrogen-bond acceptors (Lipinski definition) is 4. The van der Waals surface area contributed by atoms with Crippen LogP contribution in [-0.2, 0) is 12.8 Å². The smallest absolute Gasteiger partial charge is 0.0482 e. The van der Waals surface area contributed by atoms with Crippen molar-refractivity contribution >= 4 is 11.3 Å².